The summed E-state index contributed by atoms with van der Waals surface area (Å²) in [5.74, 6) is -2.43. The van der Waals surface area contributed by atoms with Crippen molar-refractivity contribution in [3.63, 3.8) is 0 Å². The van der Waals surface area contributed by atoms with Crippen molar-refractivity contribution >= 4 is 11.4 Å². The summed E-state index contributed by atoms with van der Waals surface area (Å²) in [6.07, 6.45) is -15.3. The minimum absolute atomic E-state index is 0.132. The van der Waals surface area contributed by atoms with E-state index in [2.05, 4.69) is 5.10 Å². The number of aliphatic hydroxyl groups excluding tert-OH is 1. The summed E-state index contributed by atoms with van der Waals surface area (Å²) in [7, 11) is 0. The van der Waals surface area contributed by atoms with Gasteiger partial charge in [0.25, 0.3) is 0 Å². The van der Waals surface area contributed by atoms with Gasteiger partial charge in [0.05, 0.1) is 17.7 Å². The van der Waals surface area contributed by atoms with Crippen LogP contribution in [0.15, 0.2) is 35.4 Å². The maximum absolute atomic E-state index is 13.4. The molecule has 4 nitrogen and oxygen atoms in total. The Morgan fingerprint density at radius 3 is 2.07 bits per heavy atom. The van der Waals surface area contributed by atoms with Crippen LogP contribution in [0.5, 0.6) is 0 Å². The van der Waals surface area contributed by atoms with Crippen molar-refractivity contribution < 1.29 is 36.2 Å². The number of hydrogen-bond acceptors (Lipinski definition) is 4. The Morgan fingerprint density at radius 1 is 1.07 bits per heavy atom. The molecule has 1 aromatic rings. The molecule has 0 spiro atoms. The predicted octanol–water partition coefficient (Wildman–Crippen LogP) is 4.50. The lowest BCUT2D eigenvalue weighted by molar-refractivity contribution is -0.225. The monoisotopic (exact) mass is 398 g/mol. The number of benzene rings is 1. The molecule has 152 valence electrons. The van der Waals surface area contributed by atoms with E-state index in [9.17, 15) is 31.4 Å². The number of alkyl halides is 6. The fourth-order valence-corrected chi connectivity index (χ4v) is 2.89. The zero-order chi connectivity index (χ0) is 20.4. The largest absolute Gasteiger partial charge is 0.431 e. The fourth-order valence-electron chi connectivity index (χ4n) is 2.89. The van der Waals surface area contributed by atoms with Gasteiger partial charge < -0.3 is 9.84 Å². The lowest BCUT2D eigenvalue weighted by atomic mass is 9.94. The highest BCUT2D eigenvalue weighted by molar-refractivity contribution is 5.95. The van der Waals surface area contributed by atoms with Crippen molar-refractivity contribution in [2.24, 2.45) is 11.0 Å². The van der Waals surface area contributed by atoms with Crippen LogP contribution in [0.2, 0.25) is 0 Å². The maximum Gasteiger partial charge on any atom is 0.431 e. The molecular weight excluding hydrogens is 378 g/mol. The van der Waals surface area contributed by atoms with Crippen LogP contribution in [0.1, 0.15) is 26.7 Å². The molecule has 10 heteroatoms. The Bertz CT molecular complexity index is 643. The van der Waals surface area contributed by atoms with Gasteiger partial charge in [0, 0.05) is 0 Å². The summed E-state index contributed by atoms with van der Waals surface area (Å²) in [5, 5.41) is 13.9. The summed E-state index contributed by atoms with van der Waals surface area (Å²) >= 11 is 0. The average molecular weight is 398 g/mol. The second-order valence-electron chi connectivity index (χ2n) is 6.14. The lowest BCUT2D eigenvalue weighted by Crippen LogP contribution is -2.51. The normalized spacial score (nSPS) is 22.3. The van der Waals surface area contributed by atoms with Gasteiger partial charge in [0.2, 0.25) is 0 Å². The molecule has 2 rings (SSSR count). The molecule has 3 atom stereocenters. The minimum atomic E-state index is -5.26. The highest BCUT2D eigenvalue weighted by atomic mass is 19.4. The molecule has 0 saturated carbocycles. The third kappa shape index (κ3) is 4.73. The first-order chi connectivity index (χ1) is 12.5. The number of halogens is 6. The maximum atomic E-state index is 13.4. The molecule has 0 amide bonds. The highest BCUT2D eigenvalue weighted by Gasteiger charge is 2.59. The van der Waals surface area contributed by atoms with E-state index in [4.69, 9.17) is 4.74 Å². The Kier molecular flexibility index (Phi) is 6.41. The number of para-hydroxylation sites is 1. The molecule has 27 heavy (non-hydrogen) atoms. The number of ether oxygens (including phenoxy) is 1. The van der Waals surface area contributed by atoms with Crippen molar-refractivity contribution in [2.75, 3.05) is 5.01 Å². The van der Waals surface area contributed by atoms with Crippen LogP contribution in [-0.4, -0.2) is 41.6 Å². The van der Waals surface area contributed by atoms with Gasteiger partial charge >= 0.3 is 12.4 Å². The summed E-state index contributed by atoms with van der Waals surface area (Å²) in [6, 6.07) is 7.44. The molecule has 1 aromatic carbocycles. The summed E-state index contributed by atoms with van der Waals surface area (Å²) in [4.78, 5) is 0. The Labute approximate surface area is 152 Å². The van der Waals surface area contributed by atoms with E-state index in [0.29, 0.717) is 12.8 Å². The van der Waals surface area contributed by atoms with E-state index in [-0.39, 0.29) is 5.69 Å². The van der Waals surface area contributed by atoms with Crippen LogP contribution < -0.4 is 5.01 Å². The van der Waals surface area contributed by atoms with E-state index < -0.39 is 42.4 Å². The number of rotatable bonds is 6. The van der Waals surface area contributed by atoms with Gasteiger partial charge in [-0.1, -0.05) is 32.0 Å². The number of hydrogen-bond donors (Lipinski definition) is 1. The third-order valence-corrected chi connectivity index (χ3v) is 4.31. The zero-order valence-corrected chi connectivity index (χ0v) is 14.6. The lowest BCUT2D eigenvalue weighted by Gasteiger charge is -2.33. The van der Waals surface area contributed by atoms with Crippen LogP contribution in [0.3, 0.4) is 0 Å². The Morgan fingerprint density at radius 2 is 1.63 bits per heavy atom. The van der Waals surface area contributed by atoms with Crippen LogP contribution in [0, 0.1) is 5.92 Å². The van der Waals surface area contributed by atoms with Crippen molar-refractivity contribution in [1.82, 2.24) is 0 Å². The number of aliphatic hydroxyl groups is 1. The number of anilines is 1. The molecular formula is C17H20F6N2O2. The van der Waals surface area contributed by atoms with Crippen molar-refractivity contribution in [2.45, 2.75) is 57.5 Å². The molecule has 0 bridgehead atoms. The Balaban J connectivity index is 2.55. The third-order valence-electron chi connectivity index (χ3n) is 4.31. The summed E-state index contributed by atoms with van der Waals surface area (Å²) in [5.41, 5.74) is -1.58. The molecule has 0 radical (unpaired) electrons. The van der Waals surface area contributed by atoms with Gasteiger partial charge in [-0.05, 0) is 25.0 Å². The van der Waals surface area contributed by atoms with E-state index in [1.165, 1.54) is 24.3 Å². The fraction of sp³-hybridized carbons (Fsp3) is 0.588. The quantitative estimate of drug-likeness (QED) is 0.718. The first kappa shape index (κ1) is 21.5. The molecule has 3 unspecified atom stereocenters. The second-order valence-corrected chi connectivity index (χ2v) is 6.14. The standard InChI is InChI=1S/C17H20F6N2O2/c1-3-11(4-2)27-15-12(14(26)17(21,22)23)13(16(18,19)20)24-25(15)10-8-6-5-7-9-10/h5-9,11-12,14-15,26H,3-4H2,1-2H3. The van der Waals surface area contributed by atoms with Gasteiger partial charge in [0.15, 0.2) is 18.0 Å². The number of hydrazone groups is 1. The first-order valence-corrected chi connectivity index (χ1v) is 8.40. The Hall–Kier alpha value is -1.81. The van der Waals surface area contributed by atoms with Crippen molar-refractivity contribution in [3.8, 4) is 0 Å². The molecule has 0 fully saturated rings. The molecule has 0 saturated heterocycles. The van der Waals surface area contributed by atoms with E-state index >= 15 is 0 Å². The number of nitrogens with zero attached hydrogens (tertiary/aromatic N) is 2. The SMILES string of the molecule is CCC(CC)OC1C(C(O)C(F)(F)F)C(C(F)(F)F)=NN1c1ccccc1. The highest BCUT2D eigenvalue weighted by Crippen LogP contribution is 2.41. The van der Waals surface area contributed by atoms with Crippen LogP contribution in [0.4, 0.5) is 32.0 Å². The van der Waals surface area contributed by atoms with E-state index in [1.54, 1.807) is 19.9 Å². The molecule has 1 aliphatic heterocycles. The second kappa shape index (κ2) is 8.05. The topological polar surface area (TPSA) is 45.1 Å². The predicted molar refractivity (Wildman–Crippen MR) is 87.2 cm³/mol. The van der Waals surface area contributed by atoms with Gasteiger partial charge in [-0.25, -0.2) is 5.01 Å². The van der Waals surface area contributed by atoms with Gasteiger partial charge in [-0.3, -0.25) is 0 Å². The molecule has 1 heterocycles. The average Bonchev–Trinajstić information content (AvgIpc) is 2.98. The van der Waals surface area contributed by atoms with Crippen LogP contribution in [0.25, 0.3) is 0 Å². The van der Waals surface area contributed by atoms with Gasteiger partial charge in [-0.2, -0.15) is 31.4 Å². The molecule has 1 N–H and O–H groups in total. The van der Waals surface area contributed by atoms with Gasteiger partial charge in [-0.15, -0.1) is 0 Å². The van der Waals surface area contributed by atoms with Gasteiger partial charge in [0.1, 0.15) is 0 Å². The van der Waals surface area contributed by atoms with E-state index in [1.807, 2.05) is 0 Å². The zero-order valence-electron chi connectivity index (χ0n) is 14.6. The molecule has 0 aliphatic carbocycles. The first-order valence-electron chi connectivity index (χ1n) is 8.40. The molecule has 1 aliphatic rings. The summed E-state index contributed by atoms with van der Waals surface area (Å²) < 4.78 is 85.2. The van der Waals surface area contributed by atoms with Crippen molar-refractivity contribution in [1.29, 1.82) is 0 Å². The minimum Gasteiger partial charge on any atom is -0.383 e. The molecule has 0 aromatic heterocycles. The van der Waals surface area contributed by atoms with Crippen LogP contribution >= 0.6 is 0 Å². The van der Waals surface area contributed by atoms with Crippen molar-refractivity contribution in [3.05, 3.63) is 30.3 Å². The van der Waals surface area contributed by atoms with E-state index in [0.717, 1.165) is 5.01 Å². The smallest absolute Gasteiger partial charge is 0.383 e. The van der Waals surface area contributed by atoms with Crippen LogP contribution in [-0.2, 0) is 4.74 Å². The summed E-state index contributed by atoms with van der Waals surface area (Å²) in [6.45, 7) is 3.41.